The molecule has 1 aliphatic rings. The van der Waals surface area contributed by atoms with Crippen molar-refractivity contribution in [3.63, 3.8) is 0 Å². The molecule has 0 radical (unpaired) electrons. The lowest BCUT2D eigenvalue weighted by atomic mass is 9.87. The van der Waals surface area contributed by atoms with E-state index in [1.165, 1.54) is 12.8 Å². The molecule has 0 N–H and O–H groups in total. The molecule has 1 unspecified atom stereocenters. The van der Waals surface area contributed by atoms with E-state index in [0.717, 1.165) is 49.1 Å². The summed E-state index contributed by atoms with van der Waals surface area (Å²) in [6.45, 7) is 9.31. The predicted molar refractivity (Wildman–Crippen MR) is 134 cm³/mol. The maximum absolute atomic E-state index is 11.1. The van der Waals surface area contributed by atoms with E-state index in [-0.39, 0.29) is 5.92 Å². The van der Waals surface area contributed by atoms with Crippen molar-refractivity contribution < 1.29 is 18.7 Å². The summed E-state index contributed by atoms with van der Waals surface area (Å²) in [4.78, 5) is 17.6. The first-order valence-corrected chi connectivity index (χ1v) is 12.4. The number of benzene rings is 2. The van der Waals surface area contributed by atoms with Gasteiger partial charge in [0.15, 0.2) is 11.5 Å². The maximum atomic E-state index is 11.1. The second-order valence-electron chi connectivity index (χ2n) is 9.03. The lowest BCUT2D eigenvalue weighted by Crippen LogP contribution is -2.39. The zero-order valence-corrected chi connectivity index (χ0v) is 20.4. The fraction of sp³-hybridized carbons (Fsp3) is 0.464. The number of furan rings is 1. The van der Waals surface area contributed by atoms with Crippen molar-refractivity contribution in [1.29, 1.82) is 0 Å². The van der Waals surface area contributed by atoms with E-state index >= 15 is 0 Å². The Bertz CT molecular complexity index is 1140. The number of hydrogen-bond acceptors (Lipinski definition) is 6. The van der Waals surface area contributed by atoms with Crippen molar-refractivity contribution in [3.8, 4) is 17.2 Å². The van der Waals surface area contributed by atoms with Gasteiger partial charge in [-0.1, -0.05) is 32.4 Å². The van der Waals surface area contributed by atoms with Crippen LogP contribution in [-0.4, -0.2) is 36.7 Å². The van der Waals surface area contributed by atoms with Crippen LogP contribution in [0.3, 0.4) is 0 Å². The topological polar surface area (TPSA) is 64.3 Å². The fourth-order valence-electron chi connectivity index (χ4n) is 4.89. The van der Waals surface area contributed by atoms with Crippen molar-refractivity contribution in [2.45, 2.75) is 64.8 Å². The van der Waals surface area contributed by atoms with Crippen LogP contribution in [0.5, 0.6) is 17.2 Å². The Hall–Kier alpha value is -3.08. The summed E-state index contributed by atoms with van der Waals surface area (Å²) in [7, 11) is 0. The highest BCUT2D eigenvalue weighted by molar-refractivity contribution is 5.87. The number of carbonyl (C=O) groups excluding carboxylic acids is 1. The van der Waals surface area contributed by atoms with Crippen LogP contribution in [0.2, 0.25) is 0 Å². The second kappa shape index (κ2) is 11.4. The van der Waals surface area contributed by atoms with Gasteiger partial charge in [0.1, 0.15) is 11.3 Å². The largest absolute Gasteiger partial charge is 0.490 e. The summed E-state index contributed by atoms with van der Waals surface area (Å²) in [5, 5.41) is 0.943. The lowest BCUT2D eigenvalue weighted by molar-refractivity contribution is 0.154. The molecule has 0 amide bonds. The van der Waals surface area contributed by atoms with E-state index in [1.54, 1.807) is 6.08 Å². The minimum Gasteiger partial charge on any atom is -0.490 e. The molecule has 2 heterocycles. The quantitative estimate of drug-likeness (QED) is 0.233. The maximum Gasteiger partial charge on any atom is 0.243 e. The molecule has 4 rings (SSSR count). The van der Waals surface area contributed by atoms with Gasteiger partial charge in [0.05, 0.1) is 6.61 Å². The number of nitrogens with zero attached hydrogens (tertiary/aromatic N) is 2. The minimum absolute atomic E-state index is 0.272. The molecular weight excluding hydrogens is 428 g/mol. The molecule has 3 aromatic rings. The summed E-state index contributed by atoms with van der Waals surface area (Å²) in [5.74, 6) is 2.72. The van der Waals surface area contributed by atoms with Gasteiger partial charge in [0.2, 0.25) is 12.0 Å². The Balaban J connectivity index is 1.62. The molecule has 1 fully saturated rings. The number of fused-ring (bicyclic) bond motifs is 1. The van der Waals surface area contributed by atoms with Crippen molar-refractivity contribution in [2.24, 2.45) is 4.99 Å². The lowest BCUT2D eigenvalue weighted by Gasteiger charge is -2.36. The fourth-order valence-corrected chi connectivity index (χ4v) is 4.89. The number of likely N-dealkylation sites (tertiary alicyclic amines) is 1. The van der Waals surface area contributed by atoms with Crippen LogP contribution in [0.25, 0.3) is 11.0 Å². The van der Waals surface area contributed by atoms with Gasteiger partial charge in [-0.25, -0.2) is 4.79 Å². The van der Waals surface area contributed by atoms with Gasteiger partial charge < -0.3 is 18.8 Å². The molecule has 1 atom stereocenters. The first kappa shape index (κ1) is 24.1. The van der Waals surface area contributed by atoms with E-state index in [2.05, 4.69) is 30.7 Å². The summed E-state index contributed by atoms with van der Waals surface area (Å²) < 4.78 is 18.0. The summed E-state index contributed by atoms with van der Waals surface area (Å²) in [6, 6.07) is 14.0. The van der Waals surface area contributed by atoms with Crippen LogP contribution in [0, 0.1) is 0 Å². The molecule has 1 saturated heterocycles. The van der Waals surface area contributed by atoms with Gasteiger partial charge in [-0.15, -0.1) is 4.99 Å². The number of aliphatic imine (C=N–C) groups is 1. The van der Waals surface area contributed by atoms with Gasteiger partial charge in [-0.3, -0.25) is 0 Å². The van der Waals surface area contributed by atoms with Gasteiger partial charge in [-0.2, -0.15) is 0 Å². The third-order valence-electron chi connectivity index (χ3n) is 6.63. The third-order valence-corrected chi connectivity index (χ3v) is 6.63. The summed E-state index contributed by atoms with van der Waals surface area (Å²) >= 11 is 0. The van der Waals surface area contributed by atoms with Crippen LogP contribution in [-0.2, 0) is 4.79 Å². The third kappa shape index (κ3) is 5.35. The summed E-state index contributed by atoms with van der Waals surface area (Å²) in [5.41, 5.74) is 1.69. The van der Waals surface area contributed by atoms with Crippen LogP contribution in [0.4, 0.5) is 5.88 Å². The smallest absolute Gasteiger partial charge is 0.243 e. The predicted octanol–water partition coefficient (Wildman–Crippen LogP) is 7.35. The first-order chi connectivity index (χ1) is 16.6. The number of ether oxygens (including phenoxy) is 2. The number of rotatable bonds is 10. The molecular formula is C28H34N2O4. The molecule has 2 aromatic carbocycles. The van der Waals surface area contributed by atoms with Crippen molar-refractivity contribution >= 4 is 22.9 Å². The van der Waals surface area contributed by atoms with Gasteiger partial charge >= 0.3 is 0 Å². The van der Waals surface area contributed by atoms with Gasteiger partial charge in [0, 0.05) is 17.0 Å². The molecule has 180 valence electrons. The number of piperidine rings is 1. The van der Waals surface area contributed by atoms with Crippen LogP contribution < -0.4 is 9.47 Å². The van der Waals surface area contributed by atoms with Crippen LogP contribution in [0.15, 0.2) is 51.9 Å². The van der Waals surface area contributed by atoms with E-state index in [0.29, 0.717) is 35.6 Å². The highest BCUT2D eigenvalue weighted by Gasteiger charge is 2.29. The zero-order chi connectivity index (χ0) is 23.9. The molecule has 34 heavy (non-hydrogen) atoms. The first-order valence-electron chi connectivity index (χ1n) is 12.4. The molecule has 1 aliphatic heterocycles. The number of hydrogen-bond donors (Lipinski definition) is 0. The van der Waals surface area contributed by atoms with E-state index in [1.807, 2.05) is 42.5 Å². The van der Waals surface area contributed by atoms with Crippen molar-refractivity contribution in [1.82, 2.24) is 4.90 Å². The molecule has 1 aromatic heterocycles. The van der Waals surface area contributed by atoms with Gasteiger partial charge in [-0.05, 0) is 81.9 Å². The average molecular weight is 463 g/mol. The zero-order valence-electron chi connectivity index (χ0n) is 20.4. The molecule has 0 saturated carbocycles. The average Bonchev–Trinajstić information content (AvgIpc) is 3.21. The minimum atomic E-state index is 0.272. The monoisotopic (exact) mass is 462 g/mol. The SMILES string of the molecule is CCCOc1ccccc1Oc1ccc2oc(N=C=O)c(C3CCN(C(C)CCC)CC3)c2c1. The molecule has 0 spiro atoms. The van der Waals surface area contributed by atoms with Crippen molar-refractivity contribution in [2.75, 3.05) is 19.7 Å². The summed E-state index contributed by atoms with van der Waals surface area (Å²) in [6.07, 6.45) is 7.01. The molecule has 6 heteroatoms. The Morgan fingerprint density at radius 2 is 1.88 bits per heavy atom. The van der Waals surface area contributed by atoms with Crippen molar-refractivity contribution in [3.05, 3.63) is 48.0 Å². The molecule has 0 aliphatic carbocycles. The Labute approximate surface area is 201 Å². The number of isocyanates is 1. The Morgan fingerprint density at radius 1 is 1.12 bits per heavy atom. The molecule has 6 nitrogen and oxygen atoms in total. The van der Waals surface area contributed by atoms with Crippen LogP contribution >= 0.6 is 0 Å². The van der Waals surface area contributed by atoms with Gasteiger partial charge in [0.25, 0.3) is 0 Å². The number of para-hydroxylation sites is 2. The normalized spacial score (nSPS) is 15.7. The second-order valence-corrected chi connectivity index (χ2v) is 9.03. The standard InChI is InChI=1S/C28H34N2O4/c1-4-8-20(3)30-15-13-21(14-16-30)27-23-18-22(11-12-24(23)34-28(27)29-19-31)33-26-10-7-6-9-25(26)32-17-5-2/h6-7,9-12,18,20-21H,4-5,8,13-17H2,1-3H3. The van der Waals surface area contributed by atoms with E-state index in [4.69, 9.17) is 13.9 Å². The van der Waals surface area contributed by atoms with Crippen LogP contribution in [0.1, 0.15) is 64.4 Å². The van der Waals surface area contributed by atoms with E-state index < -0.39 is 0 Å². The highest BCUT2D eigenvalue weighted by atomic mass is 16.5. The highest BCUT2D eigenvalue weighted by Crippen LogP contribution is 2.43. The Kier molecular flexibility index (Phi) is 8.04. The Morgan fingerprint density at radius 3 is 2.59 bits per heavy atom. The molecule has 0 bridgehead atoms. The van der Waals surface area contributed by atoms with E-state index in [9.17, 15) is 4.79 Å².